The number of carbonyl (C=O) groups is 2. The first-order valence-electron chi connectivity index (χ1n) is 6.26. The average molecular weight is 240 g/mol. The minimum atomic E-state index is -0.897. The lowest BCUT2D eigenvalue weighted by molar-refractivity contribution is -0.152. The maximum absolute atomic E-state index is 12.5. The van der Waals surface area contributed by atoms with E-state index in [0.29, 0.717) is 13.0 Å². The molecule has 1 amide bonds. The van der Waals surface area contributed by atoms with Crippen molar-refractivity contribution in [1.82, 2.24) is 4.90 Å². The van der Waals surface area contributed by atoms with Crippen LogP contribution in [0.3, 0.4) is 0 Å². The third-order valence-electron chi connectivity index (χ3n) is 4.32. The Hall–Kier alpha value is -1.10. The van der Waals surface area contributed by atoms with Gasteiger partial charge in [-0.25, -0.2) is 4.79 Å². The van der Waals surface area contributed by atoms with E-state index in [-0.39, 0.29) is 11.9 Å². The Morgan fingerprint density at radius 3 is 2.59 bits per heavy atom. The third-order valence-corrected chi connectivity index (χ3v) is 4.32. The molecule has 1 heterocycles. The van der Waals surface area contributed by atoms with Gasteiger partial charge in [0.2, 0.25) is 5.91 Å². The fraction of sp³-hybridized carbons (Fsp3) is 0.833. The fourth-order valence-electron chi connectivity index (χ4n) is 3.05. The van der Waals surface area contributed by atoms with Crippen molar-refractivity contribution in [2.45, 2.75) is 51.1 Å². The Kier molecular flexibility index (Phi) is 3.12. The zero-order valence-corrected chi connectivity index (χ0v) is 10.2. The van der Waals surface area contributed by atoms with Gasteiger partial charge < -0.3 is 15.7 Å². The summed E-state index contributed by atoms with van der Waals surface area (Å²) in [5.74, 6) is -0.960. The van der Waals surface area contributed by atoms with E-state index in [4.69, 9.17) is 10.8 Å². The van der Waals surface area contributed by atoms with Crippen molar-refractivity contribution in [2.75, 3.05) is 6.54 Å². The number of rotatable bonds is 2. The molecule has 1 aliphatic carbocycles. The molecule has 0 aromatic carbocycles. The predicted molar refractivity (Wildman–Crippen MR) is 62.3 cm³/mol. The zero-order chi connectivity index (χ0) is 12.6. The van der Waals surface area contributed by atoms with E-state index < -0.39 is 17.4 Å². The highest BCUT2D eigenvalue weighted by atomic mass is 16.4. The summed E-state index contributed by atoms with van der Waals surface area (Å²) in [7, 11) is 0. The lowest BCUT2D eigenvalue weighted by atomic mass is 9.83. The van der Waals surface area contributed by atoms with E-state index in [1.165, 1.54) is 4.90 Å². The summed E-state index contributed by atoms with van der Waals surface area (Å²) in [5.41, 5.74) is 5.45. The predicted octanol–water partition coefficient (Wildman–Crippen LogP) is 0.579. The Morgan fingerprint density at radius 2 is 2.06 bits per heavy atom. The molecule has 0 bridgehead atoms. The van der Waals surface area contributed by atoms with E-state index in [1.807, 2.05) is 6.92 Å². The van der Waals surface area contributed by atoms with E-state index in [9.17, 15) is 9.59 Å². The SMILES string of the molecule is CC1(C(=O)N2CCCC2C(=O)O)CCCC1N. The van der Waals surface area contributed by atoms with Gasteiger partial charge in [0.15, 0.2) is 0 Å². The van der Waals surface area contributed by atoms with Gasteiger partial charge in [-0.1, -0.05) is 6.42 Å². The van der Waals surface area contributed by atoms with Gasteiger partial charge in [-0.3, -0.25) is 4.79 Å². The second kappa shape index (κ2) is 4.29. The molecule has 1 saturated carbocycles. The summed E-state index contributed by atoms with van der Waals surface area (Å²) in [4.78, 5) is 25.1. The van der Waals surface area contributed by atoms with E-state index in [0.717, 1.165) is 25.7 Å². The number of nitrogens with two attached hydrogens (primary N) is 1. The summed E-state index contributed by atoms with van der Waals surface area (Å²) in [5, 5.41) is 9.10. The van der Waals surface area contributed by atoms with E-state index >= 15 is 0 Å². The molecular weight excluding hydrogens is 220 g/mol. The second-order valence-corrected chi connectivity index (χ2v) is 5.41. The molecule has 17 heavy (non-hydrogen) atoms. The van der Waals surface area contributed by atoms with E-state index in [1.54, 1.807) is 0 Å². The molecule has 5 heteroatoms. The number of carboxylic acids is 1. The smallest absolute Gasteiger partial charge is 0.326 e. The highest BCUT2D eigenvalue weighted by Gasteiger charge is 2.48. The maximum atomic E-state index is 12.5. The summed E-state index contributed by atoms with van der Waals surface area (Å²) in [6.45, 7) is 2.43. The van der Waals surface area contributed by atoms with Gasteiger partial charge in [0.25, 0.3) is 0 Å². The number of aliphatic carboxylic acids is 1. The molecule has 1 saturated heterocycles. The van der Waals surface area contributed by atoms with Gasteiger partial charge in [0.1, 0.15) is 6.04 Å². The van der Waals surface area contributed by atoms with Crippen molar-refractivity contribution in [1.29, 1.82) is 0 Å². The van der Waals surface area contributed by atoms with Crippen molar-refractivity contribution in [3.8, 4) is 0 Å². The van der Waals surface area contributed by atoms with Crippen LogP contribution in [0.25, 0.3) is 0 Å². The van der Waals surface area contributed by atoms with Crippen LogP contribution in [-0.2, 0) is 9.59 Å². The maximum Gasteiger partial charge on any atom is 0.326 e. The first kappa shape index (κ1) is 12.4. The van der Waals surface area contributed by atoms with Crippen LogP contribution in [0.4, 0.5) is 0 Å². The quantitative estimate of drug-likeness (QED) is 0.739. The van der Waals surface area contributed by atoms with E-state index in [2.05, 4.69) is 0 Å². The molecule has 96 valence electrons. The van der Waals surface area contributed by atoms with Crippen LogP contribution in [0.1, 0.15) is 39.0 Å². The topological polar surface area (TPSA) is 83.6 Å². The third kappa shape index (κ3) is 1.92. The number of carbonyl (C=O) groups excluding carboxylic acids is 1. The number of carboxylic acid groups (broad SMARTS) is 1. The summed E-state index contributed by atoms with van der Waals surface area (Å²) in [6.07, 6.45) is 3.92. The molecule has 5 nitrogen and oxygen atoms in total. The van der Waals surface area contributed by atoms with Gasteiger partial charge in [-0.2, -0.15) is 0 Å². The summed E-state index contributed by atoms with van der Waals surface area (Å²) >= 11 is 0. The van der Waals surface area contributed by atoms with Crippen molar-refractivity contribution >= 4 is 11.9 Å². The molecule has 0 radical (unpaired) electrons. The minimum Gasteiger partial charge on any atom is -0.480 e. The van der Waals surface area contributed by atoms with Crippen LogP contribution in [0.5, 0.6) is 0 Å². The van der Waals surface area contributed by atoms with Gasteiger partial charge in [-0.05, 0) is 32.6 Å². The fourth-order valence-corrected chi connectivity index (χ4v) is 3.05. The molecule has 3 atom stereocenters. The number of hydrogen-bond donors (Lipinski definition) is 2. The normalized spacial score (nSPS) is 37.4. The molecule has 2 fully saturated rings. The Bertz CT molecular complexity index is 345. The molecule has 2 aliphatic rings. The number of amides is 1. The summed E-state index contributed by atoms with van der Waals surface area (Å²) in [6, 6.07) is -0.780. The van der Waals surface area contributed by atoms with Gasteiger partial charge >= 0.3 is 5.97 Å². The Balaban J connectivity index is 2.17. The standard InChI is InChI=1S/C12H20N2O3/c1-12(6-2-5-9(12)13)11(17)14-7-3-4-8(14)10(15)16/h8-9H,2-7,13H2,1H3,(H,15,16). The van der Waals surface area contributed by atoms with Crippen molar-refractivity contribution in [2.24, 2.45) is 11.1 Å². The average Bonchev–Trinajstić information content (AvgIpc) is 2.86. The Morgan fingerprint density at radius 1 is 1.35 bits per heavy atom. The molecular formula is C12H20N2O3. The van der Waals surface area contributed by atoms with Crippen molar-refractivity contribution in [3.05, 3.63) is 0 Å². The molecule has 0 aromatic rings. The second-order valence-electron chi connectivity index (χ2n) is 5.41. The Labute approximate surface area is 101 Å². The van der Waals surface area contributed by atoms with Crippen LogP contribution >= 0.6 is 0 Å². The van der Waals surface area contributed by atoms with Gasteiger partial charge in [0.05, 0.1) is 5.41 Å². The highest BCUT2D eigenvalue weighted by molar-refractivity contribution is 5.88. The summed E-state index contributed by atoms with van der Waals surface area (Å²) < 4.78 is 0. The minimum absolute atomic E-state index is 0.0626. The van der Waals surface area contributed by atoms with Crippen LogP contribution in [0.2, 0.25) is 0 Å². The molecule has 0 aromatic heterocycles. The van der Waals surface area contributed by atoms with Crippen molar-refractivity contribution < 1.29 is 14.7 Å². The zero-order valence-electron chi connectivity index (χ0n) is 10.2. The number of nitrogens with zero attached hydrogens (tertiary/aromatic N) is 1. The number of likely N-dealkylation sites (tertiary alicyclic amines) is 1. The van der Waals surface area contributed by atoms with Crippen LogP contribution in [0.15, 0.2) is 0 Å². The van der Waals surface area contributed by atoms with Crippen LogP contribution in [0, 0.1) is 5.41 Å². The largest absolute Gasteiger partial charge is 0.480 e. The van der Waals surface area contributed by atoms with Gasteiger partial charge in [0, 0.05) is 12.6 Å². The van der Waals surface area contributed by atoms with Crippen molar-refractivity contribution in [3.63, 3.8) is 0 Å². The van der Waals surface area contributed by atoms with Gasteiger partial charge in [-0.15, -0.1) is 0 Å². The number of hydrogen-bond acceptors (Lipinski definition) is 3. The molecule has 3 unspecified atom stereocenters. The lowest BCUT2D eigenvalue weighted by Crippen LogP contribution is -2.52. The molecule has 2 rings (SSSR count). The lowest BCUT2D eigenvalue weighted by Gasteiger charge is -2.34. The molecule has 3 N–H and O–H groups in total. The van der Waals surface area contributed by atoms with Crippen LogP contribution < -0.4 is 5.73 Å². The highest BCUT2D eigenvalue weighted by Crippen LogP contribution is 2.39. The van der Waals surface area contributed by atoms with Crippen LogP contribution in [-0.4, -0.2) is 40.5 Å². The first-order chi connectivity index (χ1) is 7.97. The molecule has 0 spiro atoms. The molecule has 1 aliphatic heterocycles. The first-order valence-corrected chi connectivity index (χ1v) is 6.26. The monoisotopic (exact) mass is 240 g/mol.